The monoisotopic (exact) mass is 493 g/mol. The van der Waals surface area contributed by atoms with Crippen molar-refractivity contribution in [3.63, 3.8) is 0 Å². The molecule has 0 bridgehead atoms. The molecular weight excluding hydrogens is 442 g/mol. The van der Waals surface area contributed by atoms with E-state index in [-0.39, 0.29) is 6.09 Å². The third-order valence-corrected chi connectivity index (χ3v) is 6.23. The molecule has 0 unspecified atom stereocenters. The van der Waals surface area contributed by atoms with Crippen molar-refractivity contribution in [2.45, 2.75) is 92.2 Å². The maximum atomic E-state index is 12.1. The zero-order valence-corrected chi connectivity index (χ0v) is 24.0. The maximum absolute atomic E-state index is 12.1. The fourth-order valence-corrected chi connectivity index (χ4v) is 4.10. The average molecular weight is 494 g/mol. The Bertz CT molecular complexity index is 772. The topological polar surface area (TPSA) is 79.7 Å². The molecule has 0 saturated heterocycles. The Morgan fingerprint density at radius 3 is 2.34 bits per heavy atom. The SMILES string of the molecule is CC(C)CNC=O.CN(CCN(C)C(=O)OC(C)(C)C)Cc1cn(C)nc1C1CCC(C)(C)CC1. The number of hydrogen-bond acceptors (Lipinski definition) is 5. The zero-order chi connectivity index (χ0) is 26.8. The molecule has 0 spiro atoms. The molecule has 0 radical (unpaired) electrons. The molecule has 1 aromatic heterocycles. The van der Waals surface area contributed by atoms with Crippen molar-refractivity contribution >= 4 is 12.5 Å². The second-order valence-corrected chi connectivity index (χ2v) is 12.2. The predicted octanol–water partition coefficient (Wildman–Crippen LogP) is 4.79. The summed E-state index contributed by atoms with van der Waals surface area (Å²) in [5, 5.41) is 7.37. The van der Waals surface area contributed by atoms with Crippen LogP contribution in [0.15, 0.2) is 6.20 Å². The summed E-state index contributed by atoms with van der Waals surface area (Å²) < 4.78 is 7.37. The second kappa shape index (κ2) is 13.9. The second-order valence-electron chi connectivity index (χ2n) is 12.2. The van der Waals surface area contributed by atoms with Gasteiger partial charge in [-0.25, -0.2) is 4.79 Å². The molecule has 0 aliphatic heterocycles. The first-order chi connectivity index (χ1) is 16.1. The molecule has 0 aromatic carbocycles. The van der Waals surface area contributed by atoms with Crippen LogP contribution in [-0.4, -0.2) is 71.4 Å². The maximum Gasteiger partial charge on any atom is 0.410 e. The third kappa shape index (κ3) is 12.4. The van der Waals surface area contributed by atoms with Crippen LogP contribution in [-0.2, 0) is 23.1 Å². The van der Waals surface area contributed by atoms with Crippen molar-refractivity contribution in [3.8, 4) is 0 Å². The van der Waals surface area contributed by atoms with Crippen molar-refractivity contribution in [2.75, 3.05) is 33.7 Å². The van der Waals surface area contributed by atoms with Crippen LogP contribution in [0.25, 0.3) is 0 Å². The van der Waals surface area contributed by atoms with Gasteiger partial charge >= 0.3 is 6.09 Å². The van der Waals surface area contributed by atoms with E-state index < -0.39 is 5.60 Å². The van der Waals surface area contributed by atoms with Crippen LogP contribution in [0.1, 0.15) is 91.3 Å². The van der Waals surface area contributed by atoms with Crippen LogP contribution in [0, 0.1) is 11.3 Å². The molecule has 1 saturated carbocycles. The van der Waals surface area contributed by atoms with E-state index in [1.165, 1.54) is 36.9 Å². The summed E-state index contributed by atoms with van der Waals surface area (Å²) in [6.07, 6.45) is 7.59. The molecule has 1 aromatic rings. The molecule has 0 atom stereocenters. The van der Waals surface area contributed by atoms with Crippen LogP contribution < -0.4 is 5.32 Å². The van der Waals surface area contributed by atoms with Crippen LogP contribution in [0.2, 0.25) is 0 Å². The highest BCUT2D eigenvalue weighted by atomic mass is 16.6. The van der Waals surface area contributed by atoms with Crippen molar-refractivity contribution < 1.29 is 14.3 Å². The fourth-order valence-electron chi connectivity index (χ4n) is 4.10. The van der Waals surface area contributed by atoms with E-state index in [1.807, 2.05) is 32.5 Å². The number of aryl methyl sites for hydroxylation is 1. The number of aromatic nitrogens is 2. The summed E-state index contributed by atoms with van der Waals surface area (Å²) in [4.78, 5) is 25.6. The Hall–Kier alpha value is -2.09. The van der Waals surface area contributed by atoms with Gasteiger partial charge in [-0.3, -0.25) is 9.48 Å². The Morgan fingerprint density at radius 1 is 1.26 bits per heavy atom. The number of nitrogens with one attached hydrogen (secondary N) is 1. The Balaban J connectivity index is 0.000000762. The Kier molecular flexibility index (Phi) is 12.2. The molecule has 2 amide bonds. The van der Waals surface area contributed by atoms with E-state index in [0.29, 0.717) is 23.8 Å². The summed E-state index contributed by atoms with van der Waals surface area (Å²) >= 11 is 0. The Morgan fingerprint density at radius 2 is 1.86 bits per heavy atom. The predicted molar refractivity (Wildman–Crippen MR) is 142 cm³/mol. The van der Waals surface area contributed by atoms with Gasteiger partial charge in [0.15, 0.2) is 0 Å². The number of hydrogen-bond donors (Lipinski definition) is 1. The summed E-state index contributed by atoms with van der Waals surface area (Å²) in [6, 6.07) is 0. The lowest BCUT2D eigenvalue weighted by Gasteiger charge is -2.34. The van der Waals surface area contributed by atoms with Gasteiger partial charge in [-0.15, -0.1) is 0 Å². The normalized spacial score (nSPS) is 16.0. The minimum Gasteiger partial charge on any atom is -0.444 e. The van der Waals surface area contributed by atoms with E-state index in [1.54, 1.807) is 11.9 Å². The van der Waals surface area contributed by atoms with Crippen LogP contribution >= 0.6 is 0 Å². The quantitative estimate of drug-likeness (QED) is 0.500. The number of nitrogens with zero attached hydrogens (tertiary/aromatic N) is 4. The van der Waals surface area contributed by atoms with E-state index in [9.17, 15) is 9.59 Å². The summed E-state index contributed by atoms with van der Waals surface area (Å²) in [5.41, 5.74) is 2.59. The van der Waals surface area contributed by atoms with E-state index in [4.69, 9.17) is 9.84 Å². The van der Waals surface area contributed by atoms with Gasteiger partial charge in [-0.2, -0.15) is 5.10 Å². The highest BCUT2D eigenvalue weighted by molar-refractivity contribution is 5.67. The number of carbonyl (C=O) groups is 2. The minimum absolute atomic E-state index is 0.271. The molecule has 202 valence electrons. The van der Waals surface area contributed by atoms with Gasteiger partial charge in [0.25, 0.3) is 0 Å². The minimum atomic E-state index is -0.462. The Labute approximate surface area is 213 Å². The van der Waals surface area contributed by atoms with Crippen LogP contribution in [0.3, 0.4) is 0 Å². The van der Waals surface area contributed by atoms with E-state index in [0.717, 1.165) is 26.0 Å². The highest BCUT2D eigenvalue weighted by Crippen LogP contribution is 2.42. The lowest BCUT2D eigenvalue weighted by molar-refractivity contribution is -0.109. The third-order valence-electron chi connectivity index (χ3n) is 6.23. The van der Waals surface area contributed by atoms with E-state index in [2.05, 4.69) is 51.2 Å². The van der Waals surface area contributed by atoms with Gasteiger partial charge < -0.3 is 19.9 Å². The van der Waals surface area contributed by atoms with Gasteiger partial charge in [-0.05, 0) is 64.8 Å². The van der Waals surface area contributed by atoms with Crippen LogP contribution in [0.4, 0.5) is 4.79 Å². The summed E-state index contributed by atoms with van der Waals surface area (Å²) in [7, 11) is 5.90. The molecule has 35 heavy (non-hydrogen) atoms. The number of amides is 2. The first-order valence-electron chi connectivity index (χ1n) is 13.0. The lowest BCUT2D eigenvalue weighted by atomic mass is 9.72. The van der Waals surface area contributed by atoms with Gasteiger partial charge in [0.1, 0.15) is 5.60 Å². The molecule has 1 aliphatic rings. The molecular formula is C27H51N5O3. The first-order valence-corrected chi connectivity index (χ1v) is 13.0. The highest BCUT2D eigenvalue weighted by Gasteiger charge is 2.30. The molecule has 1 fully saturated rings. The standard InChI is InChI=1S/C22H40N4O2.C5H11NO/c1-21(2,3)28-20(27)25(7)14-13-24(6)15-18-16-26(8)23-19(18)17-9-11-22(4,5)12-10-17;1-5(2)3-6-4-7/h16-17H,9-15H2,1-8H3;4-5H,3H2,1-2H3,(H,6,7). The number of rotatable bonds is 9. The first kappa shape index (κ1) is 30.9. The number of ether oxygens (including phenoxy) is 1. The van der Waals surface area contributed by atoms with Crippen LogP contribution in [0.5, 0.6) is 0 Å². The van der Waals surface area contributed by atoms with E-state index >= 15 is 0 Å². The molecule has 1 aliphatic carbocycles. The lowest BCUT2D eigenvalue weighted by Crippen LogP contribution is -2.38. The van der Waals surface area contributed by atoms with Gasteiger partial charge in [0.2, 0.25) is 6.41 Å². The average Bonchev–Trinajstić information content (AvgIpc) is 3.09. The van der Waals surface area contributed by atoms with Gasteiger partial charge in [0, 0.05) is 58.0 Å². The molecule has 8 nitrogen and oxygen atoms in total. The van der Waals surface area contributed by atoms with Gasteiger partial charge in [0.05, 0.1) is 5.69 Å². The van der Waals surface area contributed by atoms with Crippen molar-refractivity contribution in [3.05, 3.63) is 17.5 Å². The number of carbonyl (C=O) groups excluding carboxylic acids is 2. The smallest absolute Gasteiger partial charge is 0.410 e. The molecule has 8 heteroatoms. The largest absolute Gasteiger partial charge is 0.444 e. The van der Waals surface area contributed by atoms with Gasteiger partial charge in [-0.1, -0.05) is 27.7 Å². The fraction of sp³-hybridized carbons (Fsp3) is 0.815. The van der Waals surface area contributed by atoms with Crippen molar-refractivity contribution in [2.24, 2.45) is 18.4 Å². The molecule has 2 rings (SSSR count). The number of likely N-dealkylation sites (N-methyl/N-ethyl adjacent to an activating group) is 2. The zero-order valence-electron chi connectivity index (χ0n) is 24.0. The van der Waals surface area contributed by atoms with Crippen molar-refractivity contribution in [1.82, 2.24) is 24.9 Å². The summed E-state index contributed by atoms with van der Waals surface area (Å²) in [6.45, 7) is 17.6. The molecule has 1 N–H and O–H groups in total. The van der Waals surface area contributed by atoms with Crippen molar-refractivity contribution in [1.29, 1.82) is 0 Å². The summed E-state index contributed by atoms with van der Waals surface area (Å²) in [5.74, 6) is 1.13. The molecule has 1 heterocycles.